The summed E-state index contributed by atoms with van der Waals surface area (Å²) in [6.45, 7) is 4.35. The van der Waals surface area contributed by atoms with E-state index in [1.807, 2.05) is 0 Å². The molecule has 2 N–H and O–H groups in total. The predicted octanol–water partition coefficient (Wildman–Crippen LogP) is 1.26. The van der Waals surface area contributed by atoms with E-state index in [1.165, 1.54) is 19.0 Å². The van der Waals surface area contributed by atoms with E-state index >= 15 is 0 Å². The number of carbonyl (C=O) groups is 1. The van der Waals surface area contributed by atoms with Crippen molar-refractivity contribution in [1.29, 1.82) is 0 Å². The molecule has 1 aromatic heterocycles. The number of nitrogens with one attached hydrogen (secondary N) is 2. The SMILES string of the molecule is CCOC(=O)Cn1c(Cl)cnc(NCCCNCC2CC2)c1=O. The van der Waals surface area contributed by atoms with Crippen molar-refractivity contribution in [3.05, 3.63) is 21.7 Å². The second-order valence-corrected chi connectivity index (χ2v) is 5.94. The monoisotopic (exact) mass is 342 g/mol. The fraction of sp³-hybridized carbons (Fsp3) is 0.667. The van der Waals surface area contributed by atoms with Gasteiger partial charge in [-0.3, -0.25) is 14.2 Å². The van der Waals surface area contributed by atoms with Crippen LogP contribution >= 0.6 is 11.6 Å². The standard InChI is InChI=1S/C15H23ClN4O3/c1-2-23-13(21)10-20-12(16)9-19-14(15(20)22)18-7-3-6-17-8-11-4-5-11/h9,11,17H,2-8,10H2,1H3,(H,18,19). The molecule has 0 aromatic carbocycles. The molecule has 1 aliphatic rings. The van der Waals surface area contributed by atoms with Gasteiger partial charge in [-0.1, -0.05) is 11.6 Å². The van der Waals surface area contributed by atoms with Gasteiger partial charge in [-0.15, -0.1) is 0 Å². The van der Waals surface area contributed by atoms with Gasteiger partial charge >= 0.3 is 5.97 Å². The fourth-order valence-electron chi connectivity index (χ4n) is 2.12. The highest BCUT2D eigenvalue weighted by molar-refractivity contribution is 6.29. The van der Waals surface area contributed by atoms with Crippen molar-refractivity contribution in [3.63, 3.8) is 0 Å². The summed E-state index contributed by atoms with van der Waals surface area (Å²) in [4.78, 5) is 27.8. The second kappa shape index (κ2) is 8.88. The molecule has 0 aliphatic heterocycles. The lowest BCUT2D eigenvalue weighted by Crippen LogP contribution is -2.29. The first-order valence-corrected chi connectivity index (χ1v) is 8.35. The van der Waals surface area contributed by atoms with Crippen molar-refractivity contribution in [2.75, 3.05) is 31.6 Å². The Bertz CT molecular complexity index is 587. The molecule has 2 rings (SSSR count). The summed E-state index contributed by atoms with van der Waals surface area (Å²) in [5, 5.41) is 6.49. The van der Waals surface area contributed by atoms with Crippen LogP contribution in [0.15, 0.2) is 11.0 Å². The molecule has 23 heavy (non-hydrogen) atoms. The van der Waals surface area contributed by atoms with Gasteiger partial charge in [0.15, 0.2) is 5.82 Å². The summed E-state index contributed by atoms with van der Waals surface area (Å²) >= 11 is 5.94. The predicted molar refractivity (Wildman–Crippen MR) is 88.8 cm³/mol. The number of anilines is 1. The van der Waals surface area contributed by atoms with Crippen LogP contribution in [-0.2, 0) is 16.1 Å². The minimum atomic E-state index is -0.502. The minimum absolute atomic E-state index is 0.111. The zero-order valence-corrected chi connectivity index (χ0v) is 14.1. The number of hydrogen-bond acceptors (Lipinski definition) is 6. The molecule has 1 aromatic rings. The normalized spacial score (nSPS) is 13.8. The Balaban J connectivity index is 1.83. The first-order chi connectivity index (χ1) is 11.1. The lowest BCUT2D eigenvalue weighted by atomic mass is 10.3. The van der Waals surface area contributed by atoms with Crippen molar-refractivity contribution in [2.24, 2.45) is 5.92 Å². The minimum Gasteiger partial charge on any atom is -0.465 e. The molecule has 1 fully saturated rings. The Morgan fingerprint density at radius 2 is 2.26 bits per heavy atom. The summed E-state index contributed by atoms with van der Waals surface area (Å²) in [5.41, 5.74) is -0.420. The number of hydrogen-bond donors (Lipinski definition) is 2. The van der Waals surface area contributed by atoms with Crippen molar-refractivity contribution in [2.45, 2.75) is 32.7 Å². The highest BCUT2D eigenvalue weighted by Gasteiger charge is 2.19. The van der Waals surface area contributed by atoms with Gasteiger partial charge in [-0.25, -0.2) is 4.98 Å². The van der Waals surface area contributed by atoms with Crippen LogP contribution in [0.3, 0.4) is 0 Å². The molecule has 0 spiro atoms. The molecular weight excluding hydrogens is 320 g/mol. The maximum Gasteiger partial charge on any atom is 0.326 e. The molecular formula is C15H23ClN4O3. The molecule has 0 radical (unpaired) electrons. The summed E-state index contributed by atoms with van der Waals surface area (Å²) in [6.07, 6.45) is 4.91. The molecule has 0 saturated heterocycles. The zero-order valence-electron chi connectivity index (χ0n) is 13.3. The van der Waals surface area contributed by atoms with Crippen molar-refractivity contribution in [1.82, 2.24) is 14.9 Å². The van der Waals surface area contributed by atoms with E-state index in [2.05, 4.69) is 15.6 Å². The van der Waals surface area contributed by atoms with Crippen LogP contribution in [0.5, 0.6) is 0 Å². The first kappa shape index (κ1) is 17.7. The van der Waals surface area contributed by atoms with Crippen LogP contribution in [0.2, 0.25) is 5.15 Å². The molecule has 1 saturated carbocycles. The largest absolute Gasteiger partial charge is 0.465 e. The molecule has 0 unspecified atom stereocenters. The average Bonchev–Trinajstić information content (AvgIpc) is 3.33. The third kappa shape index (κ3) is 5.84. The van der Waals surface area contributed by atoms with E-state index in [4.69, 9.17) is 16.3 Å². The zero-order chi connectivity index (χ0) is 16.7. The maximum atomic E-state index is 12.3. The van der Waals surface area contributed by atoms with E-state index in [1.54, 1.807) is 6.92 Å². The van der Waals surface area contributed by atoms with Gasteiger partial charge in [0, 0.05) is 6.54 Å². The van der Waals surface area contributed by atoms with Gasteiger partial charge in [0.25, 0.3) is 5.56 Å². The number of rotatable bonds is 10. The Kier molecular flexibility index (Phi) is 6.85. The van der Waals surface area contributed by atoms with Crippen molar-refractivity contribution < 1.29 is 9.53 Å². The second-order valence-electron chi connectivity index (χ2n) is 5.55. The quantitative estimate of drug-likeness (QED) is 0.492. The van der Waals surface area contributed by atoms with Gasteiger partial charge in [0.05, 0.1) is 12.8 Å². The molecule has 7 nitrogen and oxygen atoms in total. The highest BCUT2D eigenvalue weighted by Crippen LogP contribution is 2.27. The van der Waals surface area contributed by atoms with Crippen LogP contribution in [0, 0.1) is 5.92 Å². The number of esters is 1. The molecule has 0 atom stereocenters. The first-order valence-electron chi connectivity index (χ1n) is 7.97. The van der Waals surface area contributed by atoms with Gasteiger partial charge in [0.1, 0.15) is 11.7 Å². The van der Waals surface area contributed by atoms with Crippen LogP contribution in [0.4, 0.5) is 5.82 Å². The third-order valence-corrected chi connectivity index (χ3v) is 3.85. The molecule has 1 heterocycles. The number of halogens is 1. The molecule has 0 bridgehead atoms. The van der Waals surface area contributed by atoms with Crippen LogP contribution in [0.1, 0.15) is 26.2 Å². The summed E-state index contributed by atoms with van der Waals surface area (Å²) in [6, 6.07) is 0. The Morgan fingerprint density at radius 3 is 2.96 bits per heavy atom. The number of aromatic nitrogens is 2. The molecule has 128 valence electrons. The van der Waals surface area contributed by atoms with E-state index in [-0.39, 0.29) is 24.1 Å². The molecule has 0 amide bonds. The highest BCUT2D eigenvalue weighted by atomic mass is 35.5. The lowest BCUT2D eigenvalue weighted by molar-refractivity contribution is -0.143. The summed E-state index contributed by atoms with van der Waals surface area (Å²) in [7, 11) is 0. The topological polar surface area (TPSA) is 85.2 Å². The Hall–Kier alpha value is -1.60. The molecule has 1 aliphatic carbocycles. The average molecular weight is 343 g/mol. The Morgan fingerprint density at radius 1 is 1.48 bits per heavy atom. The summed E-state index contributed by atoms with van der Waals surface area (Å²) in [5.74, 6) is 0.551. The Labute approximate surface area is 140 Å². The smallest absolute Gasteiger partial charge is 0.326 e. The van der Waals surface area contributed by atoms with Gasteiger partial charge in [0.2, 0.25) is 0 Å². The van der Waals surface area contributed by atoms with E-state index in [0.29, 0.717) is 6.54 Å². The number of nitrogens with zero attached hydrogens (tertiary/aromatic N) is 2. The van der Waals surface area contributed by atoms with Crippen LogP contribution in [0.25, 0.3) is 0 Å². The van der Waals surface area contributed by atoms with Gasteiger partial charge in [-0.2, -0.15) is 0 Å². The maximum absolute atomic E-state index is 12.3. The third-order valence-electron chi connectivity index (χ3n) is 3.55. The van der Waals surface area contributed by atoms with Crippen molar-refractivity contribution in [3.8, 4) is 0 Å². The van der Waals surface area contributed by atoms with E-state index in [9.17, 15) is 9.59 Å². The molecule has 8 heteroatoms. The summed E-state index contributed by atoms with van der Waals surface area (Å²) < 4.78 is 5.99. The van der Waals surface area contributed by atoms with Crippen molar-refractivity contribution >= 4 is 23.4 Å². The van der Waals surface area contributed by atoms with Gasteiger partial charge in [-0.05, 0) is 45.2 Å². The van der Waals surface area contributed by atoms with Gasteiger partial charge < -0.3 is 15.4 Å². The number of carbonyl (C=O) groups excluding carboxylic acids is 1. The fourth-order valence-corrected chi connectivity index (χ4v) is 2.31. The van der Waals surface area contributed by atoms with E-state index in [0.717, 1.165) is 30.0 Å². The number of ether oxygens (including phenoxy) is 1. The lowest BCUT2D eigenvalue weighted by Gasteiger charge is -2.11. The van der Waals surface area contributed by atoms with E-state index < -0.39 is 11.5 Å². The van der Waals surface area contributed by atoms with Crippen LogP contribution < -0.4 is 16.2 Å². The van der Waals surface area contributed by atoms with Crippen LogP contribution in [-0.4, -0.2) is 41.8 Å².